The predicted octanol–water partition coefficient (Wildman–Crippen LogP) is 2.97. The Hall–Kier alpha value is -2.82. The highest BCUT2D eigenvalue weighted by Crippen LogP contribution is 2.11. The fourth-order valence-electron chi connectivity index (χ4n) is 2.22. The van der Waals surface area contributed by atoms with Crippen molar-refractivity contribution in [1.29, 1.82) is 0 Å². The molecule has 0 aromatic heterocycles. The van der Waals surface area contributed by atoms with E-state index in [0.717, 1.165) is 29.7 Å². The van der Waals surface area contributed by atoms with Crippen LogP contribution in [-0.4, -0.2) is 32.4 Å². The second-order valence-corrected chi connectivity index (χ2v) is 5.55. The molecule has 2 aromatic rings. The number of carbonyl (C=O) groups is 1. The fourth-order valence-corrected chi connectivity index (χ4v) is 2.22. The molecule has 0 radical (unpaired) electrons. The highest BCUT2D eigenvalue weighted by atomic mass is 16.6. The predicted molar refractivity (Wildman–Crippen MR) is 99.1 cm³/mol. The Kier molecular flexibility index (Phi) is 7.50. The van der Waals surface area contributed by atoms with Crippen LogP contribution in [0, 0.1) is 0 Å². The molecule has 0 fully saturated rings. The van der Waals surface area contributed by atoms with E-state index in [1.54, 1.807) is 13.3 Å². The smallest absolute Gasteiger partial charge is 0.260 e. The number of aryl methyl sites for hydroxylation is 1. The van der Waals surface area contributed by atoms with Gasteiger partial charge in [-0.1, -0.05) is 48.5 Å². The number of benzene rings is 2. The maximum Gasteiger partial charge on any atom is 0.260 e. The van der Waals surface area contributed by atoms with Gasteiger partial charge in [0.15, 0.2) is 6.61 Å². The summed E-state index contributed by atoms with van der Waals surface area (Å²) >= 11 is 0. The number of amides is 1. The minimum Gasteiger partial charge on any atom is -0.497 e. The topological polar surface area (TPSA) is 59.9 Å². The van der Waals surface area contributed by atoms with Crippen molar-refractivity contribution in [2.75, 3.05) is 20.3 Å². The maximum absolute atomic E-state index is 11.7. The van der Waals surface area contributed by atoms with E-state index in [4.69, 9.17) is 9.57 Å². The molecule has 1 amide bonds. The van der Waals surface area contributed by atoms with Gasteiger partial charge in [-0.15, -0.1) is 0 Å². The summed E-state index contributed by atoms with van der Waals surface area (Å²) in [4.78, 5) is 16.7. The van der Waals surface area contributed by atoms with Gasteiger partial charge >= 0.3 is 0 Å². The molecule has 2 aromatic carbocycles. The van der Waals surface area contributed by atoms with Crippen molar-refractivity contribution in [2.45, 2.75) is 19.8 Å². The lowest BCUT2D eigenvalue weighted by atomic mass is 10.1. The molecule has 0 unspecified atom stereocenters. The van der Waals surface area contributed by atoms with Crippen LogP contribution in [0.25, 0.3) is 0 Å². The van der Waals surface area contributed by atoms with Crippen LogP contribution in [0.2, 0.25) is 0 Å². The molecule has 0 heterocycles. The van der Waals surface area contributed by atoms with Gasteiger partial charge in [0.25, 0.3) is 5.91 Å². The molecule has 0 aliphatic rings. The van der Waals surface area contributed by atoms with Crippen LogP contribution in [0.5, 0.6) is 5.75 Å². The summed E-state index contributed by atoms with van der Waals surface area (Å²) in [5, 5.41) is 6.63. The first-order chi connectivity index (χ1) is 12.2. The molecular weight excluding hydrogens is 316 g/mol. The average molecular weight is 340 g/mol. The molecule has 2 rings (SSSR count). The van der Waals surface area contributed by atoms with Crippen molar-refractivity contribution in [2.24, 2.45) is 5.16 Å². The van der Waals surface area contributed by atoms with Crippen molar-refractivity contribution in [3.05, 3.63) is 65.2 Å². The summed E-state index contributed by atoms with van der Waals surface area (Å²) in [5.41, 5.74) is 3.35. The van der Waals surface area contributed by atoms with E-state index >= 15 is 0 Å². The zero-order chi connectivity index (χ0) is 17.9. The third-order valence-corrected chi connectivity index (χ3v) is 3.75. The molecule has 25 heavy (non-hydrogen) atoms. The molecule has 1 N–H and O–H groups in total. The molecule has 0 aliphatic carbocycles. The van der Waals surface area contributed by atoms with E-state index in [1.165, 1.54) is 5.56 Å². The molecule has 0 atom stereocenters. The zero-order valence-corrected chi connectivity index (χ0v) is 14.7. The van der Waals surface area contributed by atoms with Crippen LogP contribution in [0.3, 0.4) is 0 Å². The Morgan fingerprint density at radius 1 is 1.08 bits per heavy atom. The second kappa shape index (κ2) is 10.1. The lowest BCUT2D eigenvalue weighted by Crippen LogP contribution is -2.28. The molecule has 5 nitrogen and oxygen atoms in total. The van der Waals surface area contributed by atoms with Crippen LogP contribution in [0.1, 0.15) is 23.6 Å². The number of carbonyl (C=O) groups excluding carboxylic acids is 1. The summed E-state index contributed by atoms with van der Waals surface area (Å²) in [7, 11) is 1.64. The summed E-state index contributed by atoms with van der Waals surface area (Å²) < 4.78 is 5.11. The van der Waals surface area contributed by atoms with Crippen LogP contribution >= 0.6 is 0 Å². The quantitative estimate of drug-likeness (QED) is 0.564. The lowest BCUT2D eigenvalue weighted by molar-refractivity contribution is -0.125. The van der Waals surface area contributed by atoms with Crippen molar-refractivity contribution < 1.29 is 14.4 Å². The number of methoxy groups -OCH3 is 1. The normalized spacial score (nSPS) is 10.6. The molecule has 0 saturated carbocycles. The number of hydrogen-bond acceptors (Lipinski definition) is 4. The highest BCUT2D eigenvalue weighted by molar-refractivity contribution is 5.79. The molecule has 0 aliphatic heterocycles. The molecule has 0 saturated heterocycles. The largest absolute Gasteiger partial charge is 0.497 e. The van der Waals surface area contributed by atoms with Gasteiger partial charge in [-0.3, -0.25) is 4.79 Å². The van der Waals surface area contributed by atoms with E-state index < -0.39 is 0 Å². The monoisotopic (exact) mass is 340 g/mol. The number of nitrogens with one attached hydrogen (secondary N) is 1. The van der Waals surface area contributed by atoms with E-state index in [9.17, 15) is 4.79 Å². The molecule has 0 spiro atoms. The fraction of sp³-hybridized carbons (Fsp3) is 0.300. The number of nitrogens with zero attached hydrogens (tertiary/aromatic N) is 1. The number of ether oxygens (including phenoxy) is 1. The average Bonchev–Trinajstić information content (AvgIpc) is 2.66. The van der Waals surface area contributed by atoms with Crippen LogP contribution in [-0.2, 0) is 22.5 Å². The van der Waals surface area contributed by atoms with E-state index in [0.29, 0.717) is 6.54 Å². The Balaban J connectivity index is 1.63. The first-order valence-corrected chi connectivity index (χ1v) is 8.35. The van der Waals surface area contributed by atoms with Gasteiger partial charge in [0.2, 0.25) is 0 Å². The van der Waals surface area contributed by atoms with Crippen LogP contribution in [0.15, 0.2) is 53.7 Å². The Morgan fingerprint density at radius 2 is 1.76 bits per heavy atom. The van der Waals surface area contributed by atoms with E-state index in [2.05, 4.69) is 17.4 Å². The number of rotatable bonds is 9. The van der Waals surface area contributed by atoms with Gasteiger partial charge in [-0.05, 0) is 41.7 Å². The second-order valence-electron chi connectivity index (χ2n) is 5.55. The Labute approximate surface area is 148 Å². The third-order valence-electron chi connectivity index (χ3n) is 3.75. The van der Waals surface area contributed by atoms with Crippen LogP contribution in [0.4, 0.5) is 0 Å². The van der Waals surface area contributed by atoms with E-state index in [-0.39, 0.29) is 12.5 Å². The van der Waals surface area contributed by atoms with Gasteiger partial charge in [0, 0.05) is 6.54 Å². The molecule has 5 heteroatoms. The SMILES string of the molecule is CCc1ccc(/C=N\OCC(=O)NCCc2ccc(OC)cc2)cc1. The van der Waals surface area contributed by atoms with Crippen molar-refractivity contribution >= 4 is 12.1 Å². The van der Waals surface area contributed by atoms with Crippen molar-refractivity contribution in [1.82, 2.24) is 5.32 Å². The third kappa shape index (κ3) is 6.67. The van der Waals surface area contributed by atoms with Crippen LogP contribution < -0.4 is 10.1 Å². The first kappa shape index (κ1) is 18.5. The number of hydrogen-bond donors (Lipinski definition) is 1. The van der Waals surface area contributed by atoms with Gasteiger partial charge < -0.3 is 14.9 Å². The summed E-state index contributed by atoms with van der Waals surface area (Å²) in [6.07, 6.45) is 3.36. The number of oxime groups is 1. The van der Waals surface area contributed by atoms with Gasteiger partial charge in [-0.25, -0.2) is 0 Å². The van der Waals surface area contributed by atoms with Gasteiger partial charge in [0.05, 0.1) is 13.3 Å². The zero-order valence-electron chi connectivity index (χ0n) is 14.7. The maximum atomic E-state index is 11.7. The molecule has 0 bridgehead atoms. The van der Waals surface area contributed by atoms with Crippen molar-refractivity contribution in [3.8, 4) is 5.75 Å². The summed E-state index contributed by atoms with van der Waals surface area (Å²) in [6.45, 7) is 2.57. The van der Waals surface area contributed by atoms with Crippen molar-refractivity contribution in [3.63, 3.8) is 0 Å². The summed E-state index contributed by atoms with van der Waals surface area (Å²) in [6, 6.07) is 15.8. The minimum absolute atomic E-state index is 0.0911. The first-order valence-electron chi connectivity index (χ1n) is 8.35. The van der Waals surface area contributed by atoms with Gasteiger partial charge in [-0.2, -0.15) is 0 Å². The lowest BCUT2D eigenvalue weighted by Gasteiger charge is -2.05. The van der Waals surface area contributed by atoms with E-state index in [1.807, 2.05) is 48.5 Å². The molecule has 132 valence electrons. The van der Waals surface area contributed by atoms with Gasteiger partial charge in [0.1, 0.15) is 5.75 Å². The summed E-state index contributed by atoms with van der Waals surface area (Å²) in [5.74, 6) is 0.635. The standard InChI is InChI=1S/C20H24N2O3/c1-3-16-4-6-18(7-5-16)14-22-25-15-20(23)21-13-12-17-8-10-19(24-2)11-9-17/h4-11,14H,3,12-13,15H2,1-2H3,(H,21,23)/b22-14-. The Bertz CT molecular complexity index is 679. The minimum atomic E-state index is -0.188. The molecular formula is C20H24N2O3. The Morgan fingerprint density at radius 3 is 2.40 bits per heavy atom. The highest BCUT2D eigenvalue weighted by Gasteiger charge is 2.01.